The van der Waals surface area contributed by atoms with Gasteiger partial charge in [0.05, 0.1) is 6.61 Å². The van der Waals surface area contributed by atoms with Crippen LogP contribution in [0.2, 0.25) is 0 Å². The van der Waals surface area contributed by atoms with Crippen LogP contribution in [-0.4, -0.2) is 36.3 Å². The number of anilines is 1. The van der Waals surface area contributed by atoms with Crippen LogP contribution in [0.3, 0.4) is 0 Å². The number of carbonyl (C=O) groups excluding carboxylic acids is 2. The van der Waals surface area contributed by atoms with Crippen LogP contribution in [0.4, 0.5) is 18.9 Å². The van der Waals surface area contributed by atoms with Crippen molar-refractivity contribution >= 4 is 17.6 Å². The van der Waals surface area contributed by atoms with Gasteiger partial charge in [-0.25, -0.2) is 4.79 Å². The number of ether oxygens (including phenoxy) is 1. The minimum Gasteiger partial charge on any atom is -0.463 e. The molecule has 0 aliphatic carbocycles. The Bertz CT molecular complexity index is 822. The second-order valence-electron chi connectivity index (χ2n) is 5.89. The first-order valence-corrected chi connectivity index (χ1v) is 8.60. The second kappa shape index (κ2) is 8.43. The number of amides is 1. The molecular formula is C20H20F3NO4. The van der Waals surface area contributed by atoms with Gasteiger partial charge in [0.2, 0.25) is 0 Å². The van der Waals surface area contributed by atoms with Crippen molar-refractivity contribution < 1.29 is 32.6 Å². The monoisotopic (exact) mass is 395 g/mol. The van der Waals surface area contributed by atoms with E-state index in [1.807, 2.05) is 0 Å². The number of alkyl halides is 3. The van der Waals surface area contributed by atoms with Crippen LogP contribution in [0.25, 0.3) is 0 Å². The van der Waals surface area contributed by atoms with Crippen LogP contribution in [0.15, 0.2) is 54.6 Å². The lowest BCUT2D eigenvalue weighted by atomic mass is 9.92. The number of rotatable bonds is 6. The number of aliphatic hydroxyl groups is 1. The summed E-state index contributed by atoms with van der Waals surface area (Å²) in [5.41, 5.74) is -3.73. The quantitative estimate of drug-likeness (QED) is 0.758. The van der Waals surface area contributed by atoms with Gasteiger partial charge in [-0.1, -0.05) is 30.3 Å². The summed E-state index contributed by atoms with van der Waals surface area (Å²) in [5.74, 6) is -2.13. The number of halogens is 3. The van der Waals surface area contributed by atoms with E-state index < -0.39 is 23.3 Å². The minimum atomic E-state index is -5.27. The largest absolute Gasteiger partial charge is 0.463 e. The Kier molecular flexibility index (Phi) is 6.45. The van der Waals surface area contributed by atoms with E-state index in [2.05, 4.69) is 4.74 Å². The molecule has 0 saturated heterocycles. The van der Waals surface area contributed by atoms with E-state index in [9.17, 15) is 27.9 Å². The highest BCUT2D eigenvalue weighted by Crippen LogP contribution is 2.40. The van der Waals surface area contributed by atoms with E-state index in [0.29, 0.717) is 11.3 Å². The highest BCUT2D eigenvalue weighted by Gasteiger charge is 2.62. The average Bonchev–Trinajstić information content (AvgIpc) is 2.68. The third-order valence-electron chi connectivity index (χ3n) is 4.16. The van der Waals surface area contributed by atoms with Gasteiger partial charge in [0.25, 0.3) is 11.5 Å². The topological polar surface area (TPSA) is 66.8 Å². The van der Waals surface area contributed by atoms with Gasteiger partial charge in [0.15, 0.2) is 0 Å². The Morgan fingerprint density at radius 3 is 2.04 bits per heavy atom. The maximum atomic E-state index is 13.4. The number of carbonyl (C=O) groups is 2. The van der Waals surface area contributed by atoms with Crippen LogP contribution in [-0.2, 0) is 15.1 Å². The van der Waals surface area contributed by atoms with Crippen molar-refractivity contribution in [1.82, 2.24) is 0 Å². The number of nitrogens with zero attached hydrogens (tertiary/aromatic N) is 1. The van der Waals surface area contributed by atoms with Gasteiger partial charge >= 0.3 is 12.1 Å². The van der Waals surface area contributed by atoms with Crippen LogP contribution in [0.5, 0.6) is 0 Å². The van der Waals surface area contributed by atoms with Gasteiger partial charge in [-0.05, 0) is 38.1 Å². The van der Waals surface area contributed by atoms with E-state index in [1.165, 1.54) is 24.0 Å². The zero-order valence-electron chi connectivity index (χ0n) is 15.4. The first-order valence-electron chi connectivity index (χ1n) is 8.60. The molecule has 28 heavy (non-hydrogen) atoms. The molecule has 0 aliphatic rings. The fraction of sp³-hybridized carbons (Fsp3) is 0.300. The first-order chi connectivity index (χ1) is 13.2. The van der Waals surface area contributed by atoms with Gasteiger partial charge in [-0.3, -0.25) is 4.79 Å². The van der Waals surface area contributed by atoms with E-state index in [1.54, 1.807) is 37.3 Å². The highest BCUT2D eigenvalue weighted by molar-refractivity contribution is 6.06. The van der Waals surface area contributed by atoms with Crippen molar-refractivity contribution in [3.8, 4) is 0 Å². The third kappa shape index (κ3) is 4.01. The van der Waals surface area contributed by atoms with E-state index >= 15 is 0 Å². The molecule has 8 heteroatoms. The summed E-state index contributed by atoms with van der Waals surface area (Å²) in [5, 5.41) is 10.1. The van der Waals surface area contributed by atoms with Gasteiger partial charge in [0.1, 0.15) is 0 Å². The van der Waals surface area contributed by atoms with Gasteiger partial charge < -0.3 is 14.7 Å². The SMILES string of the molecule is CCOC(=O)C(O)(c1ccc(N(CC)C(=O)c2ccccc2)cc1)C(F)(F)F. The summed E-state index contributed by atoms with van der Waals surface area (Å²) >= 11 is 0. The zero-order chi connectivity index (χ0) is 20.9. The Morgan fingerprint density at radius 2 is 1.57 bits per heavy atom. The maximum Gasteiger partial charge on any atom is 0.432 e. The molecule has 0 radical (unpaired) electrons. The fourth-order valence-electron chi connectivity index (χ4n) is 2.70. The molecule has 0 spiro atoms. The molecule has 1 atom stereocenters. The molecular weight excluding hydrogens is 375 g/mol. The van der Waals surface area contributed by atoms with Crippen molar-refractivity contribution in [2.24, 2.45) is 0 Å². The molecule has 2 aromatic rings. The third-order valence-corrected chi connectivity index (χ3v) is 4.16. The van der Waals surface area contributed by atoms with Crippen LogP contribution >= 0.6 is 0 Å². The molecule has 1 N–H and O–H groups in total. The number of hydrogen-bond acceptors (Lipinski definition) is 4. The summed E-state index contributed by atoms with van der Waals surface area (Å²) < 4.78 is 44.7. The maximum absolute atomic E-state index is 13.4. The lowest BCUT2D eigenvalue weighted by Crippen LogP contribution is -2.50. The Morgan fingerprint density at radius 1 is 1.00 bits per heavy atom. The molecule has 1 unspecified atom stereocenters. The summed E-state index contributed by atoms with van der Waals surface area (Å²) in [4.78, 5) is 25.8. The van der Waals surface area contributed by atoms with Gasteiger partial charge in [0, 0.05) is 23.4 Å². The van der Waals surface area contributed by atoms with Crippen LogP contribution < -0.4 is 4.90 Å². The summed E-state index contributed by atoms with van der Waals surface area (Å²) in [6, 6.07) is 12.8. The summed E-state index contributed by atoms with van der Waals surface area (Å²) in [6.07, 6.45) is -5.27. The molecule has 0 fully saturated rings. The lowest BCUT2D eigenvalue weighted by Gasteiger charge is -2.29. The molecule has 0 aliphatic heterocycles. The Labute approximate surface area is 160 Å². The fourth-order valence-corrected chi connectivity index (χ4v) is 2.70. The summed E-state index contributed by atoms with van der Waals surface area (Å²) in [6.45, 7) is 3.02. The second-order valence-corrected chi connectivity index (χ2v) is 5.89. The van der Waals surface area contributed by atoms with Crippen LogP contribution in [0, 0.1) is 0 Å². The molecule has 0 bridgehead atoms. The number of hydrogen-bond donors (Lipinski definition) is 1. The molecule has 2 aromatic carbocycles. The van der Waals surface area contributed by atoms with Crippen LogP contribution in [0.1, 0.15) is 29.8 Å². The first kappa shape index (κ1) is 21.4. The predicted molar refractivity (Wildman–Crippen MR) is 96.8 cm³/mol. The van der Waals surface area contributed by atoms with E-state index in [4.69, 9.17) is 0 Å². The summed E-state index contributed by atoms with van der Waals surface area (Å²) in [7, 11) is 0. The van der Waals surface area contributed by atoms with Crippen molar-refractivity contribution in [2.45, 2.75) is 25.6 Å². The molecule has 0 aromatic heterocycles. The highest BCUT2D eigenvalue weighted by atomic mass is 19.4. The number of benzene rings is 2. The van der Waals surface area contributed by atoms with E-state index in [0.717, 1.165) is 12.1 Å². The van der Waals surface area contributed by atoms with E-state index in [-0.39, 0.29) is 19.1 Å². The van der Waals surface area contributed by atoms with Gasteiger partial charge in [-0.15, -0.1) is 0 Å². The normalized spacial score (nSPS) is 13.5. The predicted octanol–water partition coefficient (Wildman–Crippen LogP) is 3.67. The number of esters is 1. The lowest BCUT2D eigenvalue weighted by molar-refractivity contribution is -0.267. The molecule has 0 heterocycles. The molecule has 150 valence electrons. The molecule has 0 saturated carbocycles. The Hall–Kier alpha value is -2.87. The molecule has 2 rings (SSSR count). The van der Waals surface area contributed by atoms with Crippen molar-refractivity contribution in [3.05, 3.63) is 65.7 Å². The van der Waals surface area contributed by atoms with Crippen molar-refractivity contribution in [2.75, 3.05) is 18.1 Å². The van der Waals surface area contributed by atoms with Gasteiger partial charge in [-0.2, -0.15) is 13.2 Å². The zero-order valence-corrected chi connectivity index (χ0v) is 15.4. The Balaban J connectivity index is 2.39. The minimum absolute atomic E-state index is 0.272. The smallest absolute Gasteiger partial charge is 0.432 e. The molecule has 1 amide bonds. The standard InChI is InChI=1S/C20H20F3NO4/c1-3-24(17(25)14-8-6-5-7-9-14)16-12-10-15(11-13-16)19(27,20(21,22)23)18(26)28-4-2/h5-13,27H,3-4H2,1-2H3. The van der Waals surface area contributed by atoms with Crippen molar-refractivity contribution in [3.63, 3.8) is 0 Å². The molecule has 5 nitrogen and oxygen atoms in total. The average molecular weight is 395 g/mol. The van der Waals surface area contributed by atoms with Crippen molar-refractivity contribution in [1.29, 1.82) is 0 Å².